The first-order chi connectivity index (χ1) is 11.1. The van der Waals surface area contributed by atoms with Crippen LogP contribution in [0.25, 0.3) is 0 Å². The smallest absolute Gasteiger partial charge is 0.370 e. The van der Waals surface area contributed by atoms with Gasteiger partial charge in [-0.1, -0.05) is 32.0 Å². The molecular weight excluding hydrogens is 321 g/mol. The summed E-state index contributed by atoms with van der Waals surface area (Å²) < 4.78 is 51.0. The Morgan fingerprint density at radius 3 is 2.58 bits per heavy atom. The Labute approximate surface area is 139 Å². The molecule has 0 amide bonds. The number of fused-ring (bicyclic) bond motifs is 2. The summed E-state index contributed by atoms with van der Waals surface area (Å²) >= 11 is 0. The average molecular weight is 342 g/mol. The van der Waals surface area contributed by atoms with Gasteiger partial charge in [0, 0.05) is 12.8 Å². The van der Waals surface area contributed by atoms with Gasteiger partial charge in [-0.05, 0) is 24.5 Å². The van der Waals surface area contributed by atoms with Crippen molar-refractivity contribution in [3.05, 3.63) is 35.4 Å². The molecule has 2 aliphatic heterocycles. The number of rotatable bonds is 4. The third kappa shape index (κ3) is 2.65. The molecule has 0 N–H and O–H groups in total. The number of carbonyl (C=O) groups is 1. The highest BCUT2D eigenvalue weighted by Crippen LogP contribution is 2.53. The van der Waals surface area contributed by atoms with Crippen LogP contribution in [0.15, 0.2) is 24.3 Å². The molecule has 3 atom stereocenters. The highest BCUT2D eigenvalue weighted by molar-refractivity contribution is 5.92. The first-order valence-electron chi connectivity index (χ1n) is 8.09. The van der Waals surface area contributed by atoms with Gasteiger partial charge in [0.05, 0.1) is 23.9 Å². The van der Waals surface area contributed by atoms with Crippen LogP contribution in [0.1, 0.15) is 44.7 Å². The minimum atomic E-state index is -4.41. The van der Waals surface area contributed by atoms with Crippen LogP contribution in [0.5, 0.6) is 0 Å². The molecular formula is C18H21F3O3. The van der Waals surface area contributed by atoms with Crippen molar-refractivity contribution >= 4 is 5.78 Å². The van der Waals surface area contributed by atoms with E-state index in [4.69, 9.17) is 9.47 Å². The molecule has 0 aliphatic carbocycles. The second-order valence-electron chi connectivity index (χ2n) is 7.22. The van der Waals surface area contributed by atoms with Gasteiger partial charge >= 0.3 is 6.18 Å². The molecule has 0 unspecified atom stereocenters. The monoisotopic (exact) mass is 342 g/mol. The number of carbonyl (C=O) groups excluding carboxylic acids is 1. The van der Waals surface area contributed by atoms with Crippen LogP contribution in [0.4, 0.5) is 13.2 Å². The van der Waals surface area contributed by atoms with Crippen molar-refractivity contribution in [1.29, 1.82) is 0 Å². The minimum absolute atomic E-state index is 0.00267. The largest absolute Gasteiger partial charge is 0.416 e. The standard InChI is InChI=1S/C18H21F3O3/c1-11(2)17-9-15(16(3,24-17)8-14(17)22)23-10-12-6-4-5-7-13(12)18(19,20)21/h4-7,11,15H,8-10H2,1-3H3/t15-,16+,17-/m1/s1. The van der Waals surface area contributed by atoms with E-state index in [-0.39, 0.29) is 36.4 Å². The molecule has 0 spiro atoms. The molecule has 6 heteroatoms. The molecule has 1 aromatic rings. The topological polar surface area (TPSA) is 35.5 Å². The van der Waals surface area contributed by atoms with Crippen LogP contribution >= 0.6 is 0 Å². The third-order valence-electron chi connectivity index (χ3n) is 5.26. The number of ketones is 1. The van der Waals surface area contributed by atoms with Crippen molar-refractivity contribution in [1.82, 2.24) is 0 Å². The van der Waals surface area contributed by atoms with Crippen LogP contribution in [-0.4, -0.2) is 23.1 Å². The lowest BCUT2D eigenvalue weighted by Crippen LogP contribution is -2.44. The van der Waals surface area contributed by atoms with Gasteiger partial charge in [-0.25, -0.2) is 0 Å². The van der Waals surface area contributed by atoms with E-state index in [2.05, 4.69) is 0 Å². The minimum Gasteiger partial charge on any atom is -0.370 e. The van der Waals surface area contributed by atoms with Gasteiger partial charge in [0.25, 0.3) is 0 Å². The van der Waals surface area contributed by atoms with Gasteiger partial charge in [-0.15, -0.1) is 0 Å². The lowest BCUT2D eigenvalue weighted by Gasteiger charge is -2.30. The molecule has 2 fully saturated rings. The lowest BCUT2D eigenvalue weighted by molar-refractivity contribution is -0.140. The van der Waals surface area contributed by atoms with E-state index < -0.39 is 22.9 Å². The van der Waals surface area contributed by atoms with Gasteiger partial charge < -0.3 is 9.47 Å². The summed E-state index contributed by atoms with van der Waals surface area (Å²) in [5.74, 6) is 0.0680. The van der Waals surface area contributed by atoms with Gasteiger partial charge in [0.15, 0.2) is 5.78 Å². The first kappa shape index (κ1) is 17.4. The maximum atomic E-state index is 13.1. The van der Waals surface area contributed by atoms with Crippen molar-refractivity contribution in [2.75, 3.05) is 0 Å². The van der Waals surface area contributed by atoms with E-state index in [0.717, 1.165) is 6.07 Å². The van der Waals surface area contributed by atoms with Crippen LogP contribution in [0.3, 0.4) is 0 Å². The highest BCUT2D eigenvalue weighted by atomic mass is 19.4. The summed E-state index contributed by atoms with van der Waals surface area (Å²) in [7, 11) is 0. The molecule has 0 saturated carbocycles. The maximum absolute atomic E-state index is 13.1. The van der Waals surface area contributed by atoms with Crippen LogP contribution in [-0.2, 0) is 27.1 Å². The summed E-state index contributed by atoms with van der Waals surface area (Å²) in [4.78, 5) is 12.3. The van der Waals surface area contributed by atoms with Crippen molar-refractivity contribution in [2.24, 2.45) is 5.92 Å². The summed E-state index contributed by atoms with van der Waals surface area (Å²) in [5.41, 5.74) is -2.20. The Bertz CT molecular complexity index is 655. The van der Waals surface area contributed by atoms with Gasteiger partial charge in [0.1, 0.15) is 5.60 Å². The van der Waals surface area contributed by atoms with E-state index >= 15 is 0 Å². The fourth-order valence-electron chi connectivity index (χ4n) is 3.83. The number of benzene rings is 1. The lowest BCUT2D eigenvalue weighted by atomic mass is 9.74. The van der Waals surface area contributed by atoms with Crippen molar-refractivity contribution in [2.45, 2.75) is 63.7 Å². The summed E-state index contributed by atoms with van der Waals surface area (Å²) in [6.45, 7) is 5.50. The summed E-state index contributed by atoms with van der Waals surface area (Å²) in [6, 6.07) is 5.40. The zero-order valence-electron chi connectivity index (χ0n) is 13.9. The SMILES string of the molecule is CC(C)[C@]12C[C@@H](OCc3ccccc3C(F)(F)F)[C@](C)(CC1=O)O2. The molecule has 3 rings (SSSR count). The predicted octanol–water partition coefficient (Wildman–Crippen LogP) is 4.14. The first-order valence-corrected chi connectivity index (χ1v) is 8.09. The fourth-order valence-corrected chi connectivity index (χ4v) is 3.83. The van der Waals surface area contributed by atoms with Crippen molar-refractivity contribution < 1.29 is 27.4 Å². The second kappa shape index (κ2) is 5.56. The van der Waals surface area contributed by atoms with E-state index in [0.29, 0.717) is 6.42 Å². The van der Waals surface area contributed by atoms with E-state index in [1.165, 1.54) is 12.1 Å². The Morgan fingerprint density at radius 1 is 1.33 bits per heavy atom. The zero-order chi connectivity index (χ0) is 17.8. The Kier molecular flexibility index (Phi) is 4.04. The quantitative estimate of drug-likeness (QED) is 0.825. The second-order valence-corrected chi connectivity index (χ2v) is 7.22. The molecule has 2 bridgehead atoms. The van der Waals surface area contributed by atoms with Gasteiger partial charge in [-0.3, -0.25) is 4.79 Å². The summed E-state index contributed by atoms with van der Waals surface area (Å²) in [6.07, 6.45) is -4.16. The molecule has 3 nitrogen and oxygen atoms in total. The zero-order valence-corrected chi connectivity index (χ0v) is 13.9. The van der Waals surface area contributed by atoms with Gasteiger partial charge in [0.2, 0.25) is 0 Å². The number of halogens is 3. The van der Waals surface area contributed by atoms with Gasteiger partial charge in [-0.2, -0.15) is 13.2 Å². The average Bonchev–Trinajstić information content (AvgIpc) is 2.92. The molecule has 132 valence electrons. The molecule has 0 radical (unpaired) electrons. The van der Waals surface area contributed by atoms with E-state index in [1.807, 2.05) is 20.8 Å². The van der Waals surface area contributed by atoms with Crippen LogP contribution in [0, 0.1) is 5.92 Å². The molecule has 2 aliphatic rings. The Balaban J connectivity index is 1.77. The van der Waals surface area contributed by atoms with E-state index in [1.54, 1.807) is 6.07 Å². The normalized spacial score (nSPS) is 32.8. The molecule has 24 heavy (non-hydrogen) atoms. The highest BCUT2D eigenvalue weighted by Gasteiger charge is 2.65. The van der Waals surface area contributed by atoms with Crippen molar-refractivity contribution in [3.8, 4) is 0 Å². The molecule has 2 heterocycles. The number of hydrogen-bond donors (Lipinski definition) is 0. The number of ether oxygens (including phenoxy) is 2. The van der Waals surface area contributed by atoms with E-state index in [9.17, 15) is 18.0 Å². The molecule has 1 aromatic carbocycles. The van der Waals surface area contributed by atoms with Crippen LogP contribution < -0.4 is 0 Å². The summed E-state index contributed by atoms with van der Waals surface area (Å²) in [5, 5.41) is 0. The predicted molar refractivity (Wildman–Crippen MR) is 81.3 cm³/mol. The third-order valence-corrected chi connectivity index (χ3v) is 5.26. The number of Topliss-reactive ketones (excluding diaryl/α,β-unsaturated/α-hetero) is 1. The number of hydrogen-bond acceptors (Lipinski definition) is 3. The molecule has 2 saturated heterocycles. The maximum Gasteiger partial charge on any atom is 0.416 e. The van der Waals surface area contributed by atoms with Crippen LogP contribution in [0.2, 0.25) is 0 Å². The molecule has 0 aromatic heterocycles. The number of alkyl halides is 3. The van der Waals surface area contributed by atoms with Crippen molar-refractivity contribution in [3.63, 3.8) is 0 Å². The Hall–Kier alpha value is -1.40. The fraction of sp³-hybridized carbons (Fsp3) is 0.611. The Morgan fingerprint density at radius 2 is 2.00 bits per heavy atom.